The van der Waals surface area contributed by atoms with Crippen LogP contribution in [0.4, 0.5) is 19.3 Å². The van der Waals surface area contributed by atoms with Crippen molar-refractivity contribution < 1.29 is 18.4 Å². The molecule has 0 aromatic heterocycles. The lowest BCUT2D eigenvalue weighted by molar-refractivity contribution is -0.113. The molecule has 3 rings (SSSR count). The molecule has 0 unspecified atom stereocenters. The second-order valence-electron chi connectivity index (χ2n) is 4.67. The van der Waals surface area contributed by atoms with E-state index in [1.165, 1.54) is 42.5 Å². The lowest BCUT2D eigenvalue weighted by Gasteiger charge is -2.12. The van der Waals surface area contributed by atoms with E-state index in [1.807, 2.05) is 0 Å². The predicted molar refractivity (Wildman–Crippen MR) is 86.3 cm³/mol. The fourth-order valence-corrected chi connectivity index (χ4v) is 3.04. The molecule has 23 heavy (non-hydrogen) atoms. The van der Waals surface area contributed by atoms with Gasteiger partial charge in [-0.2, -0.15) is 0 Å². The summed E-state index contributed by atoms with van der Waals surface area (Å²) in [6, 6.07) is 9.12. The van der Waals surface area contributed by atoms with Gasteiger partial charge in [-0.1, -0.05) is 23.7 Å². The predicted octanol–water partition coefficient (Wildman–Crippen LogP) is 4.86. The molecule has 1 aliphatic rings. The molecular formula is C16H8ClF2NO2S. The number of imide groups is 1. The van der Waals surface area contributed by atoms with E-state index in [0.29, 0.717) is 5.56 Å². The first-order valence-corrected chi connectivity index (χ1v) is 7.64. The molecule has 0 spiro atoms. The number of carbonyl (C=O) groups excluding carboxylic acids is 2. The lowest BCUT2D eigenvalue weighted by Crippen LogP contribution is -2.27. The molecule has 1 saturated heterocycles. The Bertz CT molecular complexity index is 836. The van der Waals surface area contributed by atoms with Crippen molar-refractivity contribution >= 4 is 46.3 Å². The standard InChI is InChI=1S/C16H8ClF2NO2S/c17-12-8-11(5-6-13(12)19)20-15(21)14(23-16(20)22)7-9-1-3-10(18)4-2-9/h1-8H/b14-7-. The van der Waals surface area contributed by atoms with Crippen molar-refractivity contribution in [3.05, 3.63) is 69.6 Å². The summed E-state index contributed by atoms with van der Waals surface area (Å²) in [5.74, 6) is -1.56. The number of hydrogen-bond donors (Lipinski definition) is 0. The Morgan fingerprint density at radius 1 is 1.04 bits per heavy atom. The number of thioether (sulfide) groups is 1. The maximum atomic E-state index is 13.2. The van der Waals surface area contributed by atoms with E-state index in [9.17, 15) is 18.4 Å². The summed E-state index contributed by atoms with van der Waals surface area (Å²) < 4.78 is 26.1. The fraction of sp³-hybridized carbons (Fsp3) is 0. The van der Waals surface area contributed by atoms with Crippen molar-refractivity contribution in [3.8, 4) is 0 Å². The van der Waals surface area contributed by atoms with Crippen LogP contribution in [0, 0.1) is 11.6 Å². The van der Waals surface area contributed by atoms with Gasteiger partial charge < -0.3 is 0 Å². The van der Waals surface area contributed by atoms with Crippen molar-refractivity contribution in [3.63, 3.8) is 0 Å². The number of benzene rings is 2. The third-order valence-corrected chi connectivity index (χ3v) is 4.28. The number of hydrogen-bond acceptors (Lipinski definition) is 3. The number of nitrogens with zero attached hydrogens (tertiary/aromatic N) is 1. The monoisotopic (exact) mass is 351 g/mol. The van der Waals surface area contributed by atoms with Crippen molar-refractivity contribution in [2.45, 2.75) is 0 Å². The summed E-state index contributed by atoms with van der Waals surface area (Å²) >= 11 is 6.44. The van der Waals surface area contributed by atoms with Gasteiger partial charge in [-0.05, 0) is 53.7 Å². The molecule has 0 aliphatic carbocycles. The molecule has 1 aliphatic heterocycles. The topological polar surface area (TPSA) is 37.4 Å². The molecule has 2 aromatic rings. The molecule has 3 nitrogen and oxygen atoms in total. The Balaban J connectivity index is 1.93. The van der Waals surface area contributed by atoms with Crippen LogP contribution in [0.3, 0.4) is 0 Å². The van der Waals surface area contributed by atoms with Gasteiger partial charge in [0.05, 0.1) is 15.6 Å². The van der Waals surface area contributed by atoms with Crippen molar-refractivity contribution in [2.75, 3.05) is 4.90 Å². The summed E-state index contributed by atoms with van der Waals surface area (Å²) in [5.41, 5.74) is 0.787. The van der Waals surface area contributed by atoms with E-state index in [4.69, 9.17) is 11.6 Å². The van der Waals surface area contributed by atoms with Gasteiger partial charge in [0.15, 0.2) is 0 Å². The molecule has 0 N–H and O–H groups in total. The van der Waals surface area contributed by atoms with E-state index in [2.05, 4.69) is 0 Å². The molecule has 0 saturated carbocycles. The summed E-state index contributed by atoms with van der Waals surface area (Å²) in [5, 5.41) is -0.685. The third kappa shape index (κ3) is 3.13. The highest BCUT2D eigenvalue weighted by Crippen LogP contribution is 2.36. The third-order valence-electron chi connectivity index (χ3n) is 3.12. The van der Waals surface area contributed by atoms with Crippen molar-refractivity contribution in [1.29, 1.82) is 0 Å². The highest BCUT2D eigenvalue weighted by molar-refractivity contribution is 8.19. The second kappa shape index (κ2) is 6.14. The van der Waals surface area contributed by atoms with Crippen LogP contribution >= 0.6 is 23.4 Å². The van der Waals surface area contributed by atoms with E-state index < -0.39 is 22.8 Å². The maximum absolute atomic E-state index is 13.2. The molecule has 1 fully saturated rings. The van der Waals surface area contributed by atoms with Gasteiger partial charge in [0.1, 0.15) is 11.6 Å². The van der Waals surface area contributed by atoms with Gasteiger partial charge >= 0.3 is 0 Å². The Hall–Kier alpha value is -2.18. The number of halogens is 3. The summed E-state index contributed by atoms with van der Waals surface area (Å²) in [7, 11) is 0. The number of anilines is 1. The molecule has 0 bridgehead atoms. The number of carbonyl (C=O) groups is 2. The zero-order chi connectivity index (χ0) is 16.6. The van der Waals surface area contributed by atoms with E-state index in [0.717, 1.165) is 22.7 Å². The lowest BCUT2D eigenvalue weighted by atomic mass is 10.2. The average Bonchev–Trinajstić information content (AvgIpc) is 2.79. The quantitative estimate of drug-likeness (QED) is 0.725. The summed E-state index contributed by atoms with van der Waals surface area (Å²) in [6.07, 6.45) is 1.50. The Labute approximate surface area is 139 Å². The van der Waals surface area contributed by atoms with Gasteiger partial charge in [-0.25, -0.2) is 13.7 Å². The van der Waals surface area contributed by atoms with Crippen LogP contribution in [-0.2, 0) is 4.79 Å². The normalized spacial score (nSPS) is 16.5. The van der Waals surface area contributed by atoms with Crippen LogP contribution in [0.2, 0.25) is 5.02 Å². The second-order valence-corrected chi connectivity index (χ2v) is 6.07. The van der Waals surface area contributed by atoms with Gasteiger partial charge in [-0.15, -0.1) is 0 Å². The molecule has 2 amide bonds. The van der Waals surface area contributed by atoms with Crippen LogP contribution in [-0.4, -0.2) is 11.1 Å². The first-order chi connectivity index (χ1) is 11.0. The molecule has 0 atom stereocenters. The van der Waals surface area contributed by atoms with Crippen LogP contribution in [0.1, 0.15) is 5.56 Å². The SMILES string of the molecule is O=C1S/C(=C\c2ccc(F)cc2)C(=O)N1c1ccc(F)c(Cl)c1. The van der Waals surface area contributed by atoms with Crippen molar-refractivity contribution in [2.24, 2.45) is 0 Å². The summed E-state index contributed by atoms with van der Waals surface area (Å²) in [6.45, 7) is 0. The Kier molecular flexibility index (Phi) is 4.19. The Morgan fingerprint density at radius 2 is 1.74 bits per heavy atom. The molecule has 2 aromatic carbocycles. The van der Waals surface area contributed by atoms with Gasteiger partial charge in [0, 0.05) is 0 Å². The largest absolute Gasteiger partial charge is 0.298 e. The van der Waals surface area contributed by atoms with Gasteiger partial charge in [-0.3, -0.25) is 9.59 Å². The van der Waals surface area contributed by atoms with Crippen LogP contribution < -0.4 is 4.90 Å². The highest BCUT2D eigenvalue weighted by Gasteiger charge is 2.36. The molecule has 116 valence electrons. The molecular weight excluding hydrogens is 344 g/mol. The van der Waals surface area contributed by atoms with Crippen LogP contribution in [0.5, 0.6) is 0 Å². The maximum Gasteiger partial charge on any atom is 0.298 e. The van der Waals surface area contributed by atoms with E-state index in [1.54, 1.807) is 0 Å². The minimum Gasteiger partial charge on any atom is -0.268 e. The fourth-order valence-electron chi connectivity index (χ4n) is 2.02. The van der Waals surface area contributed by atoms with Crippen LogP contribution in [0.15, 0.2) is 47.4 Å². The van der Waals surface area contributed by atoms with E-state index >= 15 is 0 Å². The molecule has 0 radical (unpaired) electrons. The van der Waals surface area contributed by atoms with E-state index in [-0.39, 0.29) is 15.6 Å². The minimum absolute atomic E-state index is 0.177. The molecule has 1 heterocycles. The number of rotatable bonds is 2. The minimum atomic E-state index is -0.635. The number of amides is 2. The Morgan fingerprint density at radius 3 is 2.39 bits per heavy atom. The van der Waals surface area contributed by atoms with Gasteiger partial charge in [0.25, 0.3) is 11.1 Å². The van der Waals surface area contributed by atoms with Crippen molar-refractivity contribution in [1.82, 2.24) is 0 Å². The first kappa shape index (κ1) is 15.7. The zero-order valence-corrected chi connectivity index (χ0v) is 13.0. The summed E-state index contributed by atoms with van der Waals surface area (Å²) in [4.78, 5) is 25.6. The zero-order valence-electron chi connectivity index (χ0n) is 11.4. The van der Waals surface area contributed by atoms with Crippen LogP contribution in [0.25, 0.3) is 6.08 Å². The molecule has 7 heteroatoms. The van der Waals surface area contributed by atoms with Gasteiger partial charge in [0.2, 0.25) is 0 Å². The smallest absolute Gasteiger partial charge is 0.268 e. The first-order valence-electron chi connectivity index (χ1n) is 6.44. The highest BCUT2D eigenvalue weighted by atomic mass is 35.5. The average molecular weight is 352 g/mol.